The van der Waals surface area contributed by atoms with Crippen LogP contribution in [0.15, 0.2) is 6.20 Å². The predicted octanol–water partition coefficient (Wildman–Crippen LogP) is 1.66. The first-order chi connectivity index (χ1) is 6.93. The number of alkyl halides is 2. The van der Waals surface area contributed by atoms with E-state index in [2.05, 4.69) is 4.98 Å². The lowest BCUT2D eigenvalue weighted by Gasteiger charge is -2.10. The maximum Gasteiger partial charge on any atom is 0.307 e. The van der Waals surface area contributed by atoms with Crippen molar-refractivity contribution < 1.29 is 23.8 Å². The number of aromatic hydroxyl groups is 1. The van der Waals surface area contributed by atoms with Crippen molar-refractivity contribution in [2.75, 3.05) is 0 Å². The quantitative estimate of drug-likeness (QED) is 0.807. The molecular weight excluding hydrogens is 208 g/mol. The lowest BCUT2D eigenvalue weighted by molar-refractivity contribution is -0.136. The van der Waals surface area contributed by atoms with Crippen molar-refractivity contribution in [2.45, 2.75) is 19.8 Å². The fraction of sp³-hybridized carbons (Fsp3) is 0.333. The van der Waals surface area contributed by atoms with Gasteiger partial charge in [0.25, 0.3) is 6.43 Å². The van der Waals surface area contributed by atoms with Crippen LogP contribution in [0.2, 0.25) is 0 Å². The van der Waals surface area contributed by atoms with E-state index < -0.39 is 30.1 Å². The number of halogens is 2. The lowest BCUT2D eigenvalue weighted by Crippen LogP contribution is -2.07. The summed E-state index contributed by atoms with van der Waals surface area (Å²) in [6, 6.07) is 0. The summed E-state index contributed by atoms with van der Waals surface area (Å²) in [5.74, 6) is -1.92. The van der Waals surface area contributed by atoms with E-state index in [0.717, 1.165) is 6.20 Å². The van der Waals surface area contributed by atoms with Gasteiger partial charge in [0.15, 0.2) is 0 Å². The molecular formula is C9H9F2NO3. The van der Waals surface area contributed by atoms with Crippen LogP contribution in [-0.2, 0) is 11.2 Å². The minimum Gasteiger partial charge on any atom is -0.506 e. The topological polar surface area (TPSA) is 70.4 Å². The number of aliphatic carboxylic acids is 1. The van der Waals surface area contributed by atoms with Crippen LogP contribution in [0.25, 0.3) is 0 Å². The van der Waals surface area contributed by atoms with Crippen molar-refractivity contribution in [1.82, 2.24) is 4.98 Å². The number of carboxylic acid groups (broad SMARTS) is 1. The van der Waals surface area contributed by atoms with Gasteiger partial charge in [0.2, 0.25) is 0 Å². The van der Waals surface area contributed by atoms with Crippen molar-refractivity contribution in [1.29, 1.82) is 0 Å². The third-order valence-electron chi connectivity index (χ3n) is 1.96. The minimum absolute atomic E-state index is 0.127. The van der Waals surface area contributed by atoms with Crippen LogP contribution in [0.3, 0.4) is 0 Å². The molecule has 6 heteroatoms. The van der Waals surface area contributed by atoms with E-state index >= 15 is 0 Å². The Morgan fingerprint density at radius 2 is 2.20 bits per heavy atom. The molecule has 2 N–H and O–H groups in total. The van der Waals surface area contributed by atoms with Crippen LogP contribution in [0.1, 0.15) is 23.2 Å². The van der Waals surface area contributed by atoms with Crippen LogP contribution < -0.4 is 0 Å². The van der Waals surface area contributed by atoms with Gasteiger partial charge in [-0.2, -0.15) is 0 Å². The highest BCUT2D eigenvalue weighted by molar-refractivity contribution is 5.71. The maximum atomic E-state index is 12.5. The Balaban J connectivity index is 3.31. The Bertz CT molecular complexity index is 393. The monoisotopic (exact) mass is 217 g/mol. The number of nitrogens with zero attached hydrogens (tertiary/aromatic N) is 1. The number of rotatable bonds is 3. The third-order valence-corrected chi connectivity index (χ3v) is 1.96. The molecule has 0 aliphatic rings. The molecule has 0 aromatic carbocycles. The summed E-state index contributed by atoms with van der Waals surface area (Å²) < 4.78 is 25.1. The van der Waals surface area contributed by atoms with Crippen molar-refractivity contribution in [3.63, 3.8) is 0 Å². The second kappa shape index (κ2) is 4.20. The summed E-state index contributed by atoms with van der Waals surface area (Å²) in [5.41, 5.74) is -0.590. The zero-order chi connectivity index (χ0) is 11.6. The van der Waals surface area contributed by atoms with Crippen LogP contribution in [0.4, 0.5) is 8.78 Å². The van der Waals surface area contributed by atoms with Gasteiger partial charge in [0, 0.05) is 5.69 Å². The van der Waals surface area contributed by atoms with Crippen molar-refractivity contribution in [3.05, 3.63) is 23.0 Å². The molecule has 0 unspecified atom stereocenters. The average Bonchev–Trinajstić information content (AvgIpc) is 2.10. The molecule has 0 bridgehead atoms. The molecule has 0 aliphatic heterocycles. The van der Waals surface area contributed by atoms with Gasteiger partial charge in [-0.1, -0.05) is 0 Å². The van der Waals surface area contributed by atoms with E-state index in [1.165, 1.54) is 6.92 Å². The fourth-order valence-electron chi connectivity index (χ4n) is 1.27. The first-order valence-electron chi connectivity index (χ1n) is 4.10. The highest BCUT2D eigenvalue weighted by atomic mass is 19.3. The highest BCUT2D eigenvalue weighted by Crippen LogP contribution is 2.32. The van der Waals surface area contributed by atoms with Crippen molar-refractivity contribution >= 4 is 5.97 Å². The molecule has 1 aromatic rings. The van der Waals surface area contributed by atoms with Gasteiger partial charge >= 0.3 is 5.97 Å². The first-order valence-corrected chi connectivity index (χ1v) is 4.10. The zero-order valence-electron chi connectivity index (χ0n) is 7.87. The van der Waals surface area contributed by atoms with Gasteiger partial charge in [-0.3, -0.25) is 9.78 Å². The number of aryl methyl sites for hydroxylation is 1. The van der Waals surface area contributed by atoms with E-state index in [9.17, 15) is 13.6 Å². The number of carboxylic acids is 1. The summed E-state index contributed by atoms with van der Waals surface area (Å²) in [6.07, 6.45) is -2.60. The molecule has 1 aromatic heterocycles. The second-order valence-corrected chi connectivity index (χ2v) is 2.99. The van der Waals surface area contributed by atoms with Crippen molar-refractivity contribution in [2.24, 2.45) is 0 Å². The molecule has 0 aliphatic carbocycles. The smallest absolute Gasteiger partial charge is 0.307 e. The number of hydrogen-bond acceptors (Lipinski definition) is 3. The third kappa shape index (κ3) is 2.39. The van der Waals surface area contributed by atoms with Gasteiger partial charge in [0.1, 0.15) is 5.75 Å². The predicted molar refractivity (Wildman–Crippen MR) is 46.9 cm³/mol. The Morgan fingerprint density at radius 3 is 2.67 bits per heavy atom. The van der Waals surface area contributed by atoms with Crippen LogP contribution in [0.5, 0.6) is 5.75 Å². The van der Waals surface area contributed by atoms with Crippen molar-refractivity contribution in [3.8, 4) is 5.75 Å². The maximum absolute atomic E-state index is 12.5. The summed E-state index contributed by atoms with van der Waals surface area (Å²) in [4.78, 5) is 14.1. The molecule has 15 heavy (non-hydrogen) atoms. The Hall–Kier alpha value is -1.72. The molecule has 1 heterocycles. The second-order valence-electron chi connectivity index (χ2n) is 2.99. The molecule has 4 nitrogen and oxygen atoms in total. The summed E-state index contributed by atoms with van der Waals surface area (Å²) in [7, 11) is 0. The standard InChI is InChI=1S/C9H9F2NO3/c1-4-5(2-7(14)15)8(9(10)11)6(13)3-12-4/h3,9,13H,2H2,1H3,(H,14,15). The molecule has 1 rings (SSSR count). The molecule has 0 spiro atoms. The van der Waals surface area contributed by atoms with Gasteiger partial charge in [-0.25, -0.2) is 8.78 Å². The van der Waals surface area contributed by atoms with Crippen LogP contribution in [0, 0.1) is 6.92 Å². The molecule has 0 saturated carbocycles. The largest absolute Gasteiger partial charge is 0.506 e. The minimum atomic E-state index is -2.92. The van der Waals surface area contributed by atoms with E-state index in [0.29, 0.717) is 0 Å². The van der Waals surface area contributed by atoms with E-state index in [-0.39, 0.29) is 11.3 Å². The normalized spacial score (nSPS) is 10.7. The molecule has 0 atom stereocenters. The SMILES string of the molecule is Cc1ncc(O)c(C(F)F)c1CC(=O)O. The van der Waals surface area contributed by atoms with Gasteiger partial charge in [-0.15, -0.1) is 0 Å². The Kier molecular flexibility index (Phi) is 3.18. The van der Waals surface area contributed by atoms with Crippen LogP contribution >= 0.6 is 0 Å². The number of aromatic nitrogens is 1. The molecule has 0 radical (unpaired) electrons. The van der Waals surface area contributed by atoms with E-state index in [1.54, 1.807) is 0 Å². The first kappa shape index (κ1) is 11.4. The highest BCUT2D eigenvalue weighted by Gasteiger charge is 2.21. The zero-order valence-corrected chi connectivity index (χ0v) is 7.87. The Labute approximate surface area is 84.2 Å². The number of pyridine rings is 1. The number of hydrogen-bond donors (Lipinski definition) is 2. The average molecular weight is 217 g/mol. The van der Waals surface area contributed by atoms with Crippen LogP contribution in [-0.4, -0.2) is 21.2 Å². The van der Waals surface area contributed by atoms with Gasteiger partial charge in [-0.05, 0) is 12.5 Å². The van der Waals surface area contributed by atoms with Gasteiger partial charge < -0.3 is 10.2 Å². The fourth-order valence-corrected chi connectivity index (χ4v) is 1.27. The molecule has 0 amide bonds. The summed E-state index contributed by atoms with van der Waals surface area (Å²) in [6.45, 7) is 1.42. The number of carbonyl (C=O) groups is 1. The molecule has 82 valence electrons. The molecule has 0 fully saturated rings. The Morgan fingerprint density at radius 1 is 1.60 bits per heavy atom. The molecule has 0 saturated heterocycles. The van der Waals surface area contributed by atoms with Gasteiger partial charge in [0.05, 0.1) is 18.2 Å². The van der Waals surface area contributed by atoms with E-state index in [1.807, 2.05) is 0 Å². The lowest BCUT2D eigenvalue weighted by atomic mass is 10.0. The summed E-state index contributed by atoms with van der Waals surface area (Å²) >= 11 is 0. The van der Waals surface area contributed by atoms with E-state index in [4.69, 9.17) is 10.2 Å². The summed E-state index contributed by atoms with van der Waals surface area (Å²) in [5, 5.41) is 17.7.